The maximum absolute atomic E-state index is 10.3. The highest BCUT2D eigenvalue weighted by Gasteiger charge is 1.94. The van der Waals surface area contributed by atoms with Gasteiger partial charge >= 0.3 is 5.97 Å². The second-order valence-electron chi connectivity index (χ2n) is 2.87. The van der Waals surface area contributed by atoms with Gasteiger partial charge in [-0.1, -0.05) is 12.2 Å². The minimum Gasteiger partial charge on any atom is -0.478 e. The molecule has 0 fully saturated rings. The first-order chi connectivity index (χ1) is 7.22. The van der Waals surface area contributed by atoms with Crippen LogP contribution in [0.4, 0.5) is 0 Å². The number of thiophene rings is 1. The van der Waals surface area contributed by atoms with Crippen LogP contribution in [0.15, 0.2) is 23.6 Å². The van der Waals surface area contributed by atoms with E-state index >= 15 is 0 Å². The minimum absolute atomic E-state index is 0.840. The van der Waals surface area contributed by atoms with E-state index in [0.29, 0.717) is 0 Å². The molecule has 1 N–H and O–H groups in total. The van der Waals surface area contributed by atoms with E-state index in [1.54, 1.807) is 6.08 Å². The van der Waals surface area contributed by atoms with Crippen molar-refractivity contribution >= 4 is 42.1 Å². The van der Waals surface area contributed by atoms with Crippen LogP contribution < -0.4 is 0 Å². The lowest BCUT2D eigenvalue weighted by Gasteiger charge is -1.84. The molecule has 0 amide bonds. The van der Waals surface area contributed by atoms with Gasteiger partial charge in [-0.15, -0.1) is 11.3 Å². The van der Waals surface area contributed by atoms with Crippen LogP contribution in [0, 0.1) is 0 Å². The number of rotatable bonds is 5. The molecule has 0 aromatic carbocycles. The van der Waals surface area contributed by atoms with Gasteiger partial charge in [-0.2, -0.15) is 12.6 Å². The zero-order valence-electron chi connectivity index (χ0n) is 8.09. The lowest BCUT2D eigenvalue weighted by molar-refractivity contribution is -0.131. The Kier molecular flexibility index (Phi) is 5.21. The predicted molar refractivity (Wildman–Crippen MR) is 68.5 cm³/mol. The van der Waals surface area contributed by atoms with Gasteiger partial charge in [0.2, 0.25) is 0 Å². The van der Waals surface area contributed by atoms with Crippen molar-refractivity contribution in [1.82, 2.24) is 0 Å². The number of aliphatic carboxylic acids is 1. The van der Waals surface area contributed by atoms with Gasteiger partial charge < -0.3 is 5.11 Å². The summed E-state index contributed by atoms with van der Waals surface area (Å²) in [5, 5.41) is 10.4. The standard InChI is InChI=1S/C11H12O2S2/c12-11(13)5-4-10-7-9(8-15-10)3-1-2-6-14/h1,3-5,7-8,14H,2,6H2,(H,12,13)/b3-1?,5-4+. The first kappa shape index (κ1) is 12.1. The van der Waals surface area contributed by atoms with Crippen molar-refractivity contribution in [2.75, 3.05) is 5.75 Å². The van der Waals surface area contributed by atoms with E-state index in [-0.39, 0.29) is 0 Å². The summed E-state index contributed by atoms with van der Waals surface area (Å²) in [6, 6.07) is 1.96. The lowest BCUT2D eigenvalue weighted by Crippen LogP contribution is -1.84. The second kappa shape index (κ2) is 6.48. The Morgan fingerprint density at radius 1 is 1.53 bits per heavy atom. The van der Waals surface area contributed by atoms with E-state index < -0.39 is 5.97 Å². The molecule has 0 unspecified atom stereocenters. The molecule has 0 aliphatic rings. The minimum atomic E-state index is -0.921. The van der Waals surface area contributed by atoms with Gasteiger partial charge in [-0.3, -0.25) is 0 Å². The van der Waals surface area contributed by atoms with Crippen molar-refractivity contribution in [3.8, 4) is 0 Å². The maximum atomic E-state index is 10.3. The molecule has 0 atom stereocenters. The molecule has 4 heteroatoms. The Morgan fingerprint density at radius 2 is 2.33 bits per heavy atom. The van der Waals surface area contributed by atoms with Crippen LogP contribution in [0.3, 0.4) is 0 Å². The van der Waals surface area contributed by atoms with Crippen LogP contribution in [-0.2, 0) is 4.79 Å². The Balaban J connectivity index is 2.60. The Bertz CT molecular complexity index is 378. The van der Waals surface area contributed by atoms with Gasteiger partial charge in [-0.25, -0.2) is 4.79 Å². The average molecular weight is 240 g/mol. The molecule has 1 heterocycles. The zero-order chi connectivity index (χ0) is 11.1. The van der Waals surface area contributed by atoms with E-state index in [2.05, 4.69) is 18.7 Å². The summed E-state index contributed by atoms with van der Waals surface area (Å²) in [5.74, 6) is -0.0811. The number of allylic oxidation sites excluding steroid dienone is 1. The predicted octanol–water partition coefficient (Wildman–Crippen LogP) is 3.18. The molecule has 0 aliphatic heterocycles. The van der Waals surface area contributed by atoms with Crippen LogP contribution >= 0.6 is 24.0 Å². The third kappa shape index (κ3) is 4.85. The SMILES string of the molecule is O=C(O)/C=C/c1cc(C=CCCS)cs1. The Morgan fingerprint density at radius 3 is 3.00 bits per heavy atom. The van der Waals surface area contributed by atoms with E-state index in [1.807, 2.05) is 17.5 Å². The third-order valence-corrected chi connectivity index (χ3v) is 2.81. The highest BCUT2D eigenvalue weighted by Crippen LogP contribution is 2.17. The first-order valence-electron chi connectivity index (χ1n) is 4.49. The summed E-state index contributed by atoms with van der Waals surface area (Å²) in [7, 11) is 0. The van der Waals surface area contributed by atoms with E-state index in [1.165, 1.54) is 11.3 Å². The topological polar surface area (TPSA) is 37.3 Å². The van der Waals surface area contributed by atoms with Crippen molar-refractivity contribution in [2.24, 2.45) is 0 Å². The summed E-state index contributed by atoms with van der Waals surface area (Å²) < 4.78 is 0. The van der Waals surface area contributed by atoms with Crippen LogP contribution in [0.1, 0.15) is 16.9 Å². The van der Waals surface area contributed by atoms with Gasteiger partial charge in [0.05, 0.1) is 0 Å². The van der Waals surface area contributed by atoms with Crippen molar-refractivity contribution < 1.29 is 9.90 Å². The van der Waals surface area contributed by atoms with E-state index in [9.17, 15) is 4.79 Å². The van der Waals surface area contributed by atoms with Crippen LogP contribution in [0.25, 0.3) is 12.2 Å². The highest BCUT2D eigenvalue weighted by molar-refractivity contribution is 7.80. The normalized spacial score (nSPS) is 11.5. The molecule has 1 rings (SSSR count). The molecule has 2 nitrogen and oxygen atoms in total. The average Bonchev–Trinajstić information content (AvgIpc) is 2.63. The summed E-state index contributed by atoms with van der Waals surface area (Å²) in [6.45, 7) is 0. The largest absolute Gasteiger partial charge is 0.478 e. The van der Waals surface area contributed by atoms with Crippen molar-refractivity contribution in [2.45, 2.75) is 6.42 Å². The van der Waals surface area contributed by atoms with Crippen LogP contribution in [0.2, 0.25) is 0 Å². The van der Waals surface area contributed by atoms with Crippen molar-refractivity contribution in [3.05, 3.63) is 34.0 Å². The monoisotopic (exact) mass is 240 g/mol. The van der Waals surface area contributed by atoms with Crippen LogP contribution in [-0.4, -0.2) is 16.8 Å². The number of carboxylic acid groups (broad SMARTS) is 1. The zero-order valence-corrected chi connectivity index (χ0v) is 9.80. The molecule has 80 valence electrons. The summed E-state index contributed by atoms with van der Waals surface area (Å²) >= 11 is 5.63. The number of hydrogen-bond donors (Lipinski definition) is 2. The second-order valence-corrected chi connectivity index (χ2v) is 4.26. The van der Waals surface area contributed by atoms with E-state index in [0.717, 1.165) is 28.7 Å². The maximum Gasteiger partial charge on any atom is 0.328 e. The highest BCUT2D eigenvalue weighted by atomic mass is 32.1. The summed E-state index contributed by atoms with van der Waals surface area (Å²) in [5.41, 5.74) is 1.10. The van der Waals surface area contributed by atoms with Gasteiger partial charge in [0.1, 0.15) is 0 Å². The number of carboxylic acids is 1. The summed E-state index contributed by atoms with van der Waals surface area (Å²) in [6.07, 6.45) is 7.76. The lowest BCUT2D eigenvalue weighted by atomic mass is 10.2. The molecule has 0 saturated heterocycles. The van der Waals surface area contributed by atoms with Gasteiger partial charge in [0.15, 0.2) is 0 Å². The quantitative estimate of drug-likeness (QED) is 0.612. The third-order valence-electron chi connectivity index (χ3n) is 1.64. The molecule has 1 aromatic rings. The molecular weight excluding hydrogens is 228 g/mol. The van der Waals surface area contributed by atoms with E-state index in [4.69, 9.17) is 5.11 Å². The number of hydrogen-bond acceptors (Lipinski definition) is 3. The van der Waals surface area contributed by atoms with Crippen LogP contribution in [0.5, 0.6) is 0 Å². The fourth-order valence-corrected chi connectivity index (χ4v) is 1.91. The number of thiol groups is 1. The van der Waals surface area contributed by atoms with Crippen molar-refractivity contribution in [3.63, 3.8) is 0 Å². The molecule has 0 saturated carbocycles. The smallest absolute Gasteiger partial charge is 0.328 e. The number of carbonyl (C=O) groups is 1. The Labute approximate surface area is 98.4 Å². The molecule has 0 aliphatic carbocycles. The van der Waals surface area contributed by atoms with Gasteiger partial charge in [0, 0.05) is 11.0 Å². The molecule has 1 aromatic heterocycles. The molecule has 15 heavy (non-hydrogen) atoms. The molecular formula is C11H12O2S2. The van der Waals surface area contributed by atoms with Gasteiger partial charge in [-0.05, 0) is 35.3 Å². The molecule has 0 spiro atoms. The fraction of sp³-hybridized carbons (Fsp3) is 0.182. The molecule has 0 radical (unpaired) electrons. The Hall–Kier alpha value is -1.000. The van der Waals surface area contributed by atoms with Crippen molar-refractivity contribution in [1.29, 1.82) is 0 Å². The van der Waals surface area contributed by atoms with Gasteiger partial charge in [0.25, 0.3) is 0 Å². The first-order valence-corrected chi connectivity index (χ1v) is 6.00. The summed E-state index contributed by atoms with van der Waals surface area (Å²) in [4.78, 5) is 11.2. The molecule has 0 bridgehead atoms. The fourth-order valence-electron chi connectivity index (χ4n) is 0.991.